The molecule has 1 amide bonds. The van der Waals surface area contributed by atoms with Crippen LogP contribution in [0.15, 0.2) is 78.4 Å². The second-order valence-corrected chi connectivity index (χ2v) is 7.89. The van der Waals surface area contributed by atoms with Gasteiger partial charge in [-0.05, 0) is 54.8 Å². The summed E-state index contributed by atoms with van der Waals surface area (Å²) in [5.41, 5.74) is 1.70. The number of Topliss-reactive ketones (excluding diaryl/α,β-unsaturated/α-hetero) is 1. The van der Waals surface area contributed by atoms with Crippen molar-refractivity contribution in [2.45, 2.75) is 26.3 Å². The van der Waals surface area contributed by atoms with Crippen molar-refractivity contribution in [3.05, 3.63) is 101 Å². The van der Waals surface area contributed by atoms with Crippen LogP contribution in [0.1, 0.15) is 36.1 Å². The van der Waals surface area contributed by atoms with Gasteiger partial charge >= 0.3 is 0 Å². The van der Waals surface area contributed by atoms with E-state index in [2.05, 4.69) is 0 Å². The summed E-state index contributed by atoms with van der Waals surface area (Å²) in [6.07, 6.45) is 0.829. The quantitative estimate of drug-likeness (QED) is 0.307. The van der Waals surface area contributed by atoms with E-state index >= 15 is 0 Å². The zero-order valence-corrected chi connectivity index (χ0v) is 18.4. The number of aliphatic hydroxyl groups excluding tert-OH is 1. The van der Waals surface area contributed by atoms with Gasteiger partial charge in [-0.2, -0.15) is 0 Å². The lowest BCUT2D eigenvalue weighted by molar-refractivity contribution is -0.132. The van der Waals surface area contributed by atoms with Gasteiger partial charge in [0.25, 0.3) is 11.7 Å². The number of benzene rings is 3. The Bertz CT molecular complexity index is 1240. The number of hydrogen-bond donors (Lipinski definition) is 1. The molecule has 1 aliphatic heterocycles. The third-order valence-electron chi connectivity index (χ3n) is 5.56. The molecular formula is C27H24FNO4. The predicted octanol–water partition coefficient (Wildman–Crippen LogP) is 5.55. The van der Waals surface area contributed by atoms with E-state index in [9.17, 15) is 19.1 Å². The fraction of sp³-hybridized carbons (Fsp3) is 0.185. The van der Waals surface area contributed by atoms with Gasteiger partial charge in [0.15, 0.2) is 0 Å². The van der Waals surface area contributed by atoms with Crippen LogP contribution in [0.2, 0.25) is 0 Å². The second kappa shape index (κ2) is 9.28. The van der Waals surface area contributed by atoms with Gasteiger partial charge in [0.1, 0.15) is 17.3 Å². The fourth-order valence-corrected chi connectivity index (χ4v) is 3.94. The number of halogens is 1. The highest BCUT2D eigenvalue weighted by molar-refractivity contribution is 6.51. The monoisotopic (exact) mass is 445 g/mol. The highest BCUT2D eigenvalue weighted by atomic mass is 19.1. The van der Waals surface area contributed by atoms with Crippen molar-refractivity contribution in [3.8, 4) is 5.75 Å². The van der Waals surface area contributed by atoms with E-state index in [0.29, 0.717) is 29.2 Å². The lowest BCUT2D eigenvalue weighted by atomic mass is 9.94. The summed E-state index contributed by atoms with van der Waals surface area (Å²) in [5.74, 6) is -1.74. The molecule has 1 saturated heterocycles. The van der Waals surface area contributed by atoms with Crippen LogP contribution >= 0.6 is 0 Å². The van der Waals surface area contributed by atoms with Gasteiger partial charge in [-0.3, -0.25) is 14.5 Å². The highest BCUT2D eigenvalue weighted by Crippen LogP contribution is 2.42. The van der Waals surface area contributed by atoms with E-state index in [-0.39, 0.29) is 16.9 Å². The summed E-state index contributed by atoms with van der Waals surface area (Å²) in [5, 5.41) is 11.1. The number of aryl methyl sites for hydroxylation is 1. The van der Waals surface area contributed by atoms with Crippen molar-refractivity contribution < 1.29 is 23.8 Å². The summed E-state index contributed by atoms with van der Waals surface area (Å²) in [6.45, 7) is 4.09. The van der Waals surface area contributed by atoms with E-state index < -0.39 is 23.5 Å². The number of amides is 1. The number of carbonyl (C=O) groups excluding carboxylic acids is 2. The zero-order chi connectivity index (χ0) is 23.5. The van der Waals surface area contributed by atoms with Crippen molar-refractivity contribution in [1.82, 2.24) is 0 Å². The molecule has 0 saturated carbocycles. The van der Waals surface area contributed by atoms with E-state index in [4.69, 9.17) is 4.74 Å². The van der Waals surface area contributed by atoms with Gasteiger partial charge in [0, 0.05) is 17.3 Å². The minimum Gasteiger partial charge on any atom is -0.507 e. The Labute approximate surface area is 191 Å². The average Bonchev–Trinajstić information content (AvgIpc) is 3.10. The van der Waals surface area contributed by atoms with Crippen molar-refractivity contribution in [3.63, 3.8) is 0 Å². The molecule has 0 aliphatic carbocycles. The number of nitrogens with zero attached hydrogens (tertiary/aromatic N) is 1. The van der Waals surface area contributed by atoms with Gasteiger partial charge in [0.05, 0.1) is 18.2 Å². The topological polar surface area (TPSA) is 66.8 Å². The first-order valence-corrected chi connectivity index (χ1v) is 10.8. The molecule has 5 nitrogen and oxygen atoms in total. The normalized spacial score (nSPS) is 17.4. The van der Waals surface area contributed by atoms with Crippen LogP contribution in [0, 0.1) is 12.7 Å². The van der Waals surface area contributed by atoms with Crippen LogP contribution in [0.5, 0.6) is 5.75 Å². The lowest BCUT2D eigenvalue weighted by Gasteiger charge is -2.25. The largest absolute Gasteiger partial charge is 0.507 e. The van der Waals surface area contributed by atoms with Gasteiger partial charge < -0.3 is 9.84 Å². The Morgan fingerprint density at radius 2 is 1.79 bits per heavy atom. The summed E-state index contributed by atoms with van der Waals surface area (Å²) in [4.78, 5) is 27.8. The zero-order valence-electron chi connectivity index (χ0n) is 18.4. The van der Waals surface area contributed by atoms with E-state index in [1.54, 1.807) is 55.5 Å². The maximum absolute atomic E-state index is 13.8. The number of aliphatic hydroxyl groups is 1. The molecule has 1 heterocycles. The van der Waals surface area contributed by atoms with E-state index in [0.717, 1.165) is 6.42 Å². The fourth-order valence-electron chi connectivity index (χ4n) is 3.94. The van der Waals surface area contributed by atoms with E-state index in [1.807, 2.05) is 13.0 Å². The van der Waals surface area contributed by atoms with Crippen molar-refractivity contribution in [2.24, 2.45) is 0 Å². The first kappa shape index (κ1) is 22.3. The molecule has 1 unspecified atom stereocenters. The molecule has 1 fully saturated rings. The Balaban J connectivity index is 1.89. The minimum absolute atomic E-state index is 0.0444. The molecule has 6 heteroatoms. The highest BCUT2D eigenvalue weighted by Gasteiger charge is 2.47. The molecule has 0 spiro atoms. The Morgan fingerprint density at radius 1 is 1.03 bits per heavy atom. The molecule has 0 aromatic heterocycles. The smallest absolute Gasteiger partial charge is 0.300 e. The number of ketones is 1. The Hall–Kier alpha value is -3.93. The number of carbonyl (C=O) groups is 2. The molecule has 3 aromatic rings. The Morgan fingerprint density at radius 3 is 2.48 bits per heavy atom. The first-order valence-electron chi connectivity index (χ1n) is 10.8. The third-order valence-corrected chi connectivity index (χ3v) is 5.56. The van der Waals surface area contributed by atoms with Gasteiger partial charge in [-0.25, -0.2) is 4.39 Å². The summed E-state index contributed by atoms with van der Waals surface area (Å²) in [7, 11) is 0. The molecule has 1 atom stereocenters. The maximum Gasteiger partial charge on any atom is 0.300 e. The molecule has 4 rings (SSSR count). The van der Waals surface area contributed by atoms with Crippen molar-refractivity contribution >= 4 is 23.1 Å². The number of hydrogen-bond acceptors (Lipinski definition) is 4. The predicted molar refractivity (Wildman–Crippen MR) is 125 cm³/mol. The minimum atomic E-state index is -0.849. The number of ether oxygens (including phenoxy) is 1. The van der Waals surface area contributed by atoms with Crippen LogP contribution in [0.3, 0.4) is 0 Å². The number of anilines is 1. The van der Waals surface area contributed by atoms with Crippen LogP contribution < -0.4 is 9.64 Å². The molecule has 1 aliphatic rings. The summed E-state index contributed by atoms with van der Waals surface area (Å²) in [6, 6.07) is 19.2. The summed E-state index contributed by atoms with van der Waals surface area (Å²) < 4.78 is 19.5. The van der Waals surface area contributed by atoms with E-state index in [1.165, 1.54) is 23.1 Å². The van der Waals surface area contributed by atoms with Crippen LogP contribution in [-0.4, -0.2) is 23.4 Å². The van der Waals surface area contributed by atoms with Gasteiger partial charge in [-0.15, -0.1) is 0 Å². The first-order chi connectivity index (χ1) is 15.9. The SMILES string of the molecule is CCCOc1cccc(N2C(=O)C(=O)/C(=C(/O)c3ccc(F)c(C)c3)C2c2ccccc2)c1. The second-order valence-electron chi connectivity index (χ2n) is 7.89. The van der Waals surface area contributed by atoms with Crippen molar-refractivity contribution in [1.29, 1.82) is 0 Å². The molecule has 0 radical (unpaired) electrons. The standard InChI is InChI=1S/C27H24FNO4/c1-3-14-33-21-11-7-10-20(16-21)29-24(18-8-5-4-6-9-18)23(26(31)27(29)32)25(30)19-12-13-22(28)17(2)15-19/h4-13,15-16,24,30H,3,14H2,1-2H3/b25-23+. The van der Waals surface area contributed by atoms with Gasteiger partial charge in [-0.1, -0.05) is 43.3 Å². The molecule has 3 aromatic carbocycles. The third kappa shape index (κ3) is 4.24. The van der Waals surface area contributed by atoms with Crippen molar-refractivity contribution in [2.75, 3.05) is 11.5 Å². The van der Waals surface area contributed by atoms with Crippen LogP contribution in [0.4, 0.5) is 10.1 Å². The Kier molecular flexibility index (Phi) is 6.27. The lowest BCUT2D eigenvalue weighted by Crippen LogP contribution is -2.29. The van der Waals surface area contributed by atoms with Gasteiger partial charge in [0.2, 0.25) is 0 Å². The summed E-state index contributed by atoms with van der Waals surface area (Å²) >= 11 is 0. The molecule has 168 valence electrons. The molecule has 0 bridgehead atoms. The number of rotatable bonds is 6. The molecular weight excluding hydrogens is 421 g/mol. The van der Waals surface area contributed by atoms with Crippen LogP contribution in [-0.2, 0) is 9.59 Å². The molecule has 33 heavy (non-hydrogen) atoms. The average molecular weight is 445 g/mol. The van der Waals surface area contributed by atoms with Crippen LogP contribution in [0.25, 0.3) is 5.76 Å². The maximum atomic E-state index is 13.8. The molecule has 1 N–H and O–H groups in total.